The molecule has 1 heterocycles. The Labute approximate surface area is 167 Å². The molecule has 1 N–H and O–H groups in total. The van der Waals surface area contributed by atoms with Gasteiger partial charge in [0.15, 0.2) is 0 Å². The third kappa shape index (κ3) is 3.68. The number of amides is 2. The zero-order valence-electron chi connectivity index (χ0n) is 14.2. The summed E-state index contributed by atoms with van der Waals surface area (Å²) in [6.07, 6.45) is 0. The second-order valence-corrected chi connectivity index (χ2v) is 6.89. The minimum Gasteiger partial charge on any atom is -0.321 e. The minimum absolute atomic E-state index is 0.374. The van der Waals surface area contributed by atoms with Gasteiger partial charge in [0.1, 0.15) is 5.84 Å². The number of hydrogen-bond acceptors (Lipinski definition) is 1. The van der Waals surface area contributed by atoms with Crippen LogP contribution >= 0.6 is 23.2 Å². The van der Waals surface area contributed by atoms with E-state index >= 15 is 0 Å². The molecule has 0 saturated heterocycles. The molecule has 0 spiro atoms. The number of hydrogen-bond donors (Lipinski definition) is 1. The lowest BCUT2D eigenvalue weighted by Gasteiger charge is -2.19. The van der Waals surface area contributed by atoms with Crippen molar-refractivity contribution in [1.29, 1.82) is 0 Å². The molecule has 0 radical (unpaired) electrons. The standard InChI is InChI=1S/C21H15Cl2N3O/c22-18-11-10-15(12-19(18)23)24-21(27)25-20-17-9-5-4-6-14(17)13-26(20)16-7-2-1-3-8-16/h1-12H,13H2,(H,24,27)/b25-20-. The predicted molar refractivity (Wildman–Crippen MR) is 111 cm³/mol. The van der Waals surface area contributed by atoms with Gasteiger partial charge in [0.25, 0.3) is 0 Å². The summed E-state index contributed by atoms with van der Waals surface area (Å²) < 4.78 is 0. The Hall–Kier alpha value is -2.82. The molecule has 6 heteroatoms. The Kier molecular flexibility index (Phi) is 4.84. The summed E-state index contributed by atoms with van der Waals surface area (Å²) in [5.41, 5.74) is 3.60. The number of rotatable bonds is 2. The molecule has 0 atom stereocenters. The van der Waals surface area contributed by atoms with Crippen LogP contribution in [0.2, 0.25) is 10.0 Å². The smallest absolute Gasteiger partial charge is 0.321 e. The molecular formula is C21H15Cl2N3O. The molecule has 3 aromatic rings. The SMILES string of the molecule is O=C(/N=C1/c2ccccc2CN1c1ccccc1)Nc1ccc(Cl)c(Cl)c1. The van der Waals surface area contributed by atoms with Crippen LogP contribution in [0.25, 0.3) is 0 Å². The fraction of sp³-hybridized carbons (Fsp3) is 0.0476. The third-order valence-corrected chi connectivity index (χ3v) is 5.03. The maximum absolute atomic E-state index is 12.5. The molecule has 0 fully saturated rings. The lowest BCUT2D eigenvalue weighted by Crippen LogP contribution is -2.26. The van der Waals surface area contributed by atoms with E-state index in [1.165, 1.54) is 0 Å². The number of anilines is 2. The number of benzene rings is 3. The number of para-hydroxylation sites is 1. The Morgan fingerprint density at radius 3 is 2.44 bits per heavy atom. The number of carbonyl (C=O) groups excluding carboxylic acids is 1. The first kappa shape index (κ1) is 17.6. The molecule has 3 aromatic carbocycles. The molecule has 4 rings (SSSR count). The first-order valence-electron chi connectivity index (χ1n) is 8.37. The van der Waals surface area contributed by atoms with E-state index in [9.17, 15) is 4.79 Å². The molecule has 1 aliphatic heterocycles. The maximum atomic E-state index is 12.5. The Bertz CT molecular complexity index is 1030. The Balaban J connectivity index is 1.67. The predicted octanol–water partition coefficient (Wildman–Crippen LogP) is 5.99. The van der Waals surface area contributed by atoms with E-state index in [0.29, 0.717) is 28.1 Å². The molecule has 134 valence electrons. The summed E-state index contributed by atoms with van der Waals surface area (Å²) in [5, 5.41) is 3.55. The average Bonchev–Trinajstić information content (AvgIpc) is 3.04. The van der Waals surface area contributed by atoms with E-state index in [1.807, 2.05) is 59.5 Å². The largest absolute Gasteiger partial charge is 0.347 e. The Morgan fingerprint density at radius 1 is 0.926 bits per heavy atom. The van der Waals surface area contributed by atoms with E-state index in [1.54, 1.807) is 18.2 Å². The monoisotopic (exact) mass is 395 g/mol. The van der Waals surface area contributed by atoms with Crippen molar-refractivity contribution in [1.82, 2.24) is 0 Å². The number of halogens is 2. The van der Waals surface area contributed by atoms with Crippen molar-refractivity contribution in [3.05, 3.63) is 94.0 Å². The summed E-state index contributed by atoms with van der Waals surface area (Å²) >= 11 is 11.9. The van der Waals surface area contributed by atoms with Crippen LogP contribution in [0.1, 0.15) is 11.1 Å². The molecule has 0 bridgehead atoms. The Morgan fingerprint density at radius 2 is 1.67 bits per heavy atom. The highest BCUT2D eigenvalue weighted by atomic mass is 35.5. The van der Waals surface area contributed by atoms with Gasteiger partial charge in [-0.1, -0.05) is 65.7 Å². The summed E-state index contributed by atoms with van der Waals surface area (Å²) in [5.74, 6) is 0.620. The number of aliphatic imine (C=N–C) groups is 1. The molecule has 0 saturated carbocycles. The highest BCUT2D eigenvalue weighted by Gasteiger charge is 2.27. The van der Waals surface area contributed by atoms with Gasteiger partial charge >= 0.3 is 6.03 Å². The minimum atomic E-state index is -0.471. The van der Waals surface area contributed by atoms with Gasteiger partial charge < -0.3 is 10.2 Å². The van der Waals surface area contributed by atoms with Crippen LogP contribution in [0.5, 0.6) is 0 Å². The summed E-state index contributed by atoms with van der Waals surface area (Å²) in [6.45, 7) is 0.666. The number of fused-ring (bicyclic) bond motifs is 1. The van der Waals surface area contributed by atoms with E-state index in [2.05, 4.69) is 10.3 Å². The van der Waals surface area contributed by atoms with Crippen molar-refractivity contribution in [3.63, 3.8) is 0 Å². The third-order valence-electron chi connectivity index (χ3n) is 4.29. The van der Waals surface area contributed by atoms with Crippen LogP contribution in [0.4, 0.5) is 16.2 Å². The number of nitrogens with one attached hydrogen (secondary N) is 1. The van der Waals surface area contributed by atoms with Crippen molar-refractivity contribution in [3.8, 4) is 0 Å². The zero-order chi connectivity index (χ0) is 18.8. The number of amidine groups is 1. The van der Waals surface area contributed by atoms with Gasteiger partial charge in [-0.15, -0.1) is 0 Å². The topological polar surface area (TPSA) is 44.7 Å². The van der Waals surface area contributed by atoms with E-state index < -0.39 is 6.03 Å². The molecule has 0 aliphatic carbocycles. The summed E-state index contributed by atoms with van der Waals surface area (Å²) in [7, 11) is 0. The second-order valence-electron chi connectivity index (χ2n) is 6.07. The van der Waals surface area contributed by atoms with Crippen LogP contribution in [-0.2, 0) is 6.54 Å². The molecule has 1 aliphatic rings. The number of carbonyl (C=O) groups is 1. The lowest BCUT2D eigenvalue weighted by atomic mass is 10.1. The van der Waals surface area contributed by atoms with Crippen molar-refractivity contribution in [2.45, 2.75) is 6.54 Å². The van der Waals surface area contributed by atoms with Crippen molar-refractivity contribution in [2.24, 2.45) is 4.99 Å². The van der Waals surface area contributed by atoms with Crippen LogP contribution in [0, 0.1) is 0 Å². The highest BCUT2D eigenvalue weighted by Crippen LogP contribution is 2.29. The van der Waals surface area contributed by atoms with Crippen molar-refractivity contribution < 1.29 is 4.79 Å². The normalized spacial score (nSPS) is 14.3. The van der Waals surface area contributed by atoms with Gasteiger partial charge in [-0.2, -0.15) is 4.99 Å². The van der Waals surface area contributed by atoms with Gasteiger partial charge in [-0.25, -0.2) is 4.79 Å². The van der Waals surface area contributed by atoms with E-state index in [0.717, 1.165) is 16.8 Å². The van der Waals surface area contributed by atoms with E-state index in [4.69, 9.17) is 23.2 Å². The van der Waals surface area contributed by atoms with Crippen LogP contribution < -0.4 is 10.2 Å². The van der Waals surface area contributed by atoms with Gasteiger partial charge in [0, 0.05) is 16.9 Å². The highest BCUT2D eigenvalue weighted by molar-refractivity contribution is 6.42. The van der Waals surface area contributed by atoms with Gasteiger partial charge in [-0.3, -0.25) is 0 Å². The van der Waals surface area contributed by atoms with Crippen molar-refractivity contribution >= 4 is 46.4 Å². The molecule has 27 heavy (non-hydrogen) atoms. The zero-order valence-corrected chi connectivity index (χ0v) is 15.7. The fourth-order valence-corrected chi connectivity index (χ4v) is 3.33. The van der Waals surface area contributed by atoms with Gasteiger partial charge in [-0.05, 0) is 35.9 Å². The number of nitrogens with zero attached hydrogens (tertiary/aromatic N) is 2. The molecule has 4 nitrogen and oxygen atoms in total. The van der Waals surface area contributed by atoms with Crippen LogP contribution in [0.3, 0.4) is 0 Å². The molecule has 2 amide bonds. The van der Waals surface area contributed by atoms with Gasteiger partial charge in [0.05, 0.1) is 16.6 Å². The quantitative estimate of drug-likeness (QED) is 0.578. The van der Waals surface area contributed by atoms with Gasteiger partial charge in [0.2, 0.25) is 0 Å². The molecule has 0 aromatic heterocycles. The average molecular weight is 396 g/mol. The van der Waals surface area contributed by atoms with Crippen LogP contribution in [0.15, 0.2) is 77.8 Å². The first-order chi connectivity index (χ1) is 13.1. The molecular weight excluding hydrogens is 381 g/mol. The first-order valence-corrected chi connectivity index (χ1v) is 9.13. The summed E-state index contributed by atoms with van der Waals surface area (Å²) in [4.78, 5) is 18.9. The summed E-state index contributed by atoms with van der Waals surface area (Å²) in [6, 6.07) is 22.3. The second kappa shape index (κ2) is 7.43. The number of urea groups is 1. The van der Waals surface area contributed by atoms with E-state index in [-0.39, 0.29) is 0 Å². The van der Waals surface area contributed by atoms with Crippen molar-refractivity contribution in [2.75, 3.05) is 10.2 Å². The lowest BCUT2D eigenvalue weighted by molar-refractivity contribution is 0.259. The van der Waals surface area contributed by atoms with Crippen LogP contribution in [-0.4, -0.2) is 11.9 Å². The fourth-order valence-electron chi connectivity index (χ4n) is 3.03. The molecule has 0 unspecified atom stereocenters. The maximum Gasteiger partial charge on any atom is 0.347 e.